The van der Waals surface area contributed by atoms with Crippen molar-refractivity contribution in [3.05, 3.63) is 44.1 Å². The van der Waals surface area contributed by atoms with Crippen molar-refractivity contribution in [2.75, 3.05) is 0 Å². The van der Waals surface area contributed by atoms with Gasteiger partial charge in [0, 0.05) is 16.4 Å². The second-order valence-electron chi connectivity index (χ2n) is 4.23. The van der Waals surface area contributed by atoms with Gasteiger partial charge in [0.1, 0.15) is 5.82 Å². The third kappa shape index (κ3) is 2.39. The maximum absolute atomic E-state index is 13.3. The van der Waals surface area contributed by atoms with Crippen molar-refractivity contribution in [2.45, 2.75) is 19.8 Å². The monoisotopic (exact) mass is 348 g/mol. The first-order chi connectivity index (χ1) is 8.41. The molecule has 1 aromatic heterocycles. The van der Waals surface area contributed by atoms with Crippen LogP contribution in [0, 0.1) is 10.6 Å². The first-order valence-corrected chi connectivity index (χ1v) is 6.95. The Morgan fingerprint density at radius 1 is 1.44 bits per heavy atom. The zero-order valence-electron chi connectivity index (χ0n) is 9.80. The summed E-state index contributed by atoms with van der Waals surface area (Å²) in [5, 5.41) is 0.319. The first kappa shape index (κ1) is 13.8. The summed E-state index contributed by atoms with van der Waals surface area (Å²) in [6, 6.07) is 2.65. The third-order valence-corrected chi connectivity index (χ3v) is 3.79. The number of hydrogen-bond acceptors (Lipinski definition) is 1. The molecular weight excluding hydrogens is 339 g/mol. The van der Waals surface area contributed by atoms with E-state index in [1.54, 1.807) is 0 Å². The molecule has 96 valence electrons. The van der Waals surface area contributed by atoms with Gasteiger partial charge in [0.2, 0.25) is 0 Å². The fourth-order valence-corrected chi connectivity index (χ4v) is 3.06. The van der Waals surface area contributed by atoms with E-state index >= 15 is 0 Å². The second kappa shape index (κ2) is 5.15. The molecule has 0 spiro atoms. The molecule has 0 unspecified atom stereocenters. The number of aromatic amines is 1. The lowest BCUT2D eigenvalue weighted by Crippen LogP contribution is -2.04. The number of nitrogens with one attached hydrogen (secondary N) is 1. The van der Waals surface area contributed by atoms with Gasteiger partial charge >= 0.3 is 0 Å². The highest BCUT2D eigenvalue weighted by Crippen LogP contribution is 2.32. The summed E-state index contributed by atoms with van der Waals surface area (Å²) >= 11 is 14.7. The van der Waals surface area contributed by atoms with Crippen LogP contribution in [0.15, 0.2) is 22.8 Å². The lowest BCUT2D eigenvalue weighted by atomic mass is 10.1. The SMILES string of the molecule is CC(C)c1c[nH]c(=S)n1-c1c(Cl)cc(F)cc1Br. The molecule has 0 bridgehead atoms. The topological polar surface area (TPSA) is 20.7 Å². The molecule has 2 rings (SSSR count). The molecule has 2 nitrogen and oxygen atoms in total. The molecule has 2 aromatic rings. The molecule has 0 saturated heterocycles. The third-order valence-electron chi connectivity index (χ3n) is 2.60. The Bertz CT molecular complexity index is 625. The van der Waals surface area contributed by atoms with E-state index in [4.69, 9.17) is 23.8 Å². The summed E-state index contributed by atoms with van der Waals surface area (Å²) in [4.78, 5) is 2.99. The maximum Gasteiger partial charge on any atom is 0.182 e. The molecule has 1 aromatic carbocycles. The van der Waals surface area contributed by atoms with E-state index in [1.807, 2.05) is 10.8 Å². The number of imidazole rings is 1. The van der Waals surface area contributed by atoms with Crippen LogP contribution < -0.4 is 0 Å². The minimum atomic E-state index is -0.385. The zero-order valence-corrected chi connectivity index (χ0v) is 13.0. The van der Waals surface area contributed by atoms with Crippen LogP contribution in [0.5, 0.6) is 0 Å². The van der Waals surface area contributed by atoms with E-state index in [1.165, 1.54) is 12.1 Å². The molecular formula is C12H11BrClFN2S. The summed E-state index contributed by atoms with van der Waals surface area (Å²) in [5.74, 6) is -0.116. The summed E-state index contributed by atoms with van der Waals surface area (Å²) in [5.41, 5.74) is 1.65. The Hall–Kier alpha value is -0.650. The highest BCUT2D eigenvalue weighted by molar-refractivity contribution is 9.10. The molecule has 0 aliphatic rings. The summed E-state index contributed by atoms with van der Waals surface area (Å²) in [6.07, 6.45) is 1.85. The average molecular weight is 350 g/mol. The van der Waals surface area contributed by atoms with E-state index in [0.717, 1.165) is 5.69 Å². The van der Waals surface area contributed by atoms with Crippen molar-refractivity contribution < 1.29 is 4.39 Å². The Labute approximate surface area is 123 Å². The molecule has 1 heterocycles. The van der Waals surface area contributed by atoms with Gasteiger partial charge in [-0.2, -0.15) is 0 Å². The van der Waals surface area contributed by atoms with Gasteiger partial charge in [-0.1, -0.05) is 25.4 Å². The van der Waals surface area contributed by atoms with E-state index in [-0.39, 0.29) is 11.7 Å². The van der Waals surface area contributed by atoms with Gasteiger partial charge in [-0.3, -0.25) is 4.57 Å². The second-order valence-corrected chi connectivity index (χ2v) is 5.88. The number of benzene rings is 1. The highest BCUT2D eigenvalue weighted by atomic mass is 79.9. The molecule has 0 saturated carbocycles. The normalized spacial score (nSPS) is 11.2. The Morgan fingerprint density at radius 3 is 2.67 bits per heavy atom. The minimum absolute atomic E-state index is 0.269. The predicted octanol–water partition coefficient (Wildman–Crippen LogP) is 5.21. The van der Waals surface area contributed by atoms with Gasteiger partial charge < -0.3 is 4.98 Å². The lowest BCUT2D eigenvalue weighted by Gasteiger charge is -2.14. The molecule has 0 aliphatic heterocycles. The van der Waals surface area contributed by atoms with Crippen molar-refractivity contribution in [3.63, 3.8) is 0 Å². The van der Waals surface area contributed by atoms with Crippen LogP contribution in [0.4, 0.5) is 4.39 Å². The largest absolute Gasteiger partial charge is 0.337 e. The molecule has 0 aliphatic carbocycles. The van der Waals surface area contributed by atoms with E-state index < -0.39 is 0 Å². The van der Waals surface area contributed by atoms with Crippen LogP contribution in [0.2, 0.25) is 5.02 Å². The minimum Gasteiger partial charge on any atom is -0.337 e. The van der Waals surface area contributed by atoms with Crippen LogP contribution in [-0.4, -0.2) is 9.55 Å². The molecule has 0 atom stereocenters. The number of H-pyrrole nitrogens is 1. The van der Waals surface area contributed by atoms with Crippen LogP contribution in [0.1, 0.15) is 25.5 Å². The number of halogens is 3. The van der Waals surface area contributed by atoms with Gasteiger partial charge in [0.05, 0.1) is 10.7 Å². The van der Waals surface area contributed by atoms with Crippen molar-refractivity contribution in [3.8, 4) is 5.69 Å². The van der Waals surface area contributed by atoms with Gasteiger partial charge in [-0.05, 0) is 46.2 Å². The van der Waals surface area contributed by atoms with Crippen LogP contribution in [0.3, 0.4) is 0 Å². The molecule has 0 radical (unpaired) electrons. The summed E-state index contributed by atoms with van der Waals surface area (Å²) < 4.78 is 16.2. The first-order valence-electron chi connectivity index (χ1n) is 5.37. The van der Waals surface area contributed by atoms with Crippen LogP contribution in [-0.2, 0) is 0 Å². The number of hydrogen-bond donors (Lipinski definition) is 1. The van der Waals surface area contributed by atoms with Crippen molar-refractivity contribution in [1.82, 2.24) is 9.55 Å². The van der Waals surface area contributed by atoms with Crippen LogP contribution in [0.25, 0.3) is 5.69 Å². The van der Waals surface area contributed by atoms with E-state index in [2.05, 4.69) is 34.8 Å². The Morgan fingerprint density at radius 2 is 2.11 bits per heavy atom. The van der Waals surface area contributed by atoms with Crippen LogP contribution >= 0.6 is 39.7 Å². The lowest BCUT2D eigenvalue weighted by molar-refractivity contribution is 0.626. The van der Waals surface area contributed by atoms with Gasteiger partial charge in [0.25, 0.3) is 0 Å². The van der Waals surface area contributed by atoms with Gasteiger partial charge in [0.15, 0.2) is 4.77 Å². The fourth-order valence-electron chi connectivity index (χ4n) is 1.79. The van der Waals surface area contributed by atoms with Crippen molar-refractivity contribution in [2.24, 2.45) is 0 Å². The molecule has 1 N–H and O–H groups in total. The smallest absolute Gasteiger partial charge is 0.182 e. The maximum atomic E-state index is 13.3. The molecule has 6 heteroatoms. The number of nitrogens with zero attached hydrogens (tertiary/aromatic N) is 1. The number of aromatic nitrogens is 2. The van der Waals surface area contributed by atoms with Gasteiger partial charge in [-0.25, -0.2) is 4.39 Å². The van der Waals surface area contributed by atoms with Gasteiger partial charge in [-0.15, -0.1) is 0 Å². The predicted molar refractivity (Wildman–Crippen MR) is 77.7 cm³/mol. The standard InChI is InChI=1S/C12H11BrClFN2S/c1-6(2)10-5-16-12(18)17(10)11-8(13)3-7(15)4-9(11)14/h3-6H,1-2H3,(H,16,18). The average Bonchev–Trinajstić information content (AvgIpc) is 2.59. The summed E-state index contributed by atoms with van der Waals surface area (Å²) in [7, 11) is 0. The Balaban J connectivity index is 2.77. The quantitative estimate of drug-likeness (QED) is 0.738. The Kier molecular flexibility index (Phi) is 3.94. The molecule has 0 fully saturated rings. The molecule has 18 heavy (non-hydrogen) atoms. The fraction of sp³-hybridized carbons (Fsp3) is 0.250. The van der Waals surface area contributed by atoms with Crippen molar-refractivity contribution in [1.29, 1.82) is 0 Å². The highest BCUT2D eigenvalue weighted by Gasteiger charge is 2.16. The van der Waals surface area contributed by atoms with Crippen molar-refractivity contribution >= 4 is 39.7 Å². The van der Waals surface area contributed by atoms with E-state index in [9.17, 15) is 4.39 Å². The summed E-state index contributed by atoms with van der Waals surface area (Å²) in [6.45, 7) is 4.11. The number of rotatable bonds is 2. The zero-order chi connectivity index (χ0) is 13.4. The molecule has 0 amide bonds. The van der Waals surface area contributed by atoms with E-state index in [0.29, 0.717) is 20.0 Å².